The van der Waals surface area contributed by atoms with Gasteiger partial charge in [-0.2, -0.15) is 0 Å². The normalized spacial score (nSPS) is 11.8. The molecule has 0 N–H and O–H groups in total. The Morgan fingerprint density at radius 3 is 2.52 bits per heavy atom. The molecule has 0 saturated heterocycles. The molecule has 0 radical (unpaired) electrons. The van der Waals surface area contributed by atoms with Crippen molar-refractivity contribution in [1.82, 2.24) is 0 Å². The first kappa shape index (κ1) is 18.6. The summed E-state index contributed by atoms with van der Waals surface area (Å²) in [6.07, 6.45) is 3.94. The second-order valence-electron chi connectivity index (χ2n) is 5.68. The molecule has 0 unspecified atom stereocenters. The zero-order valence-electron chi connectivity index (χ0n) is 15.5. The average Bonchev–Trinajstić information content (AvgIpc) is 3.04. The first-order valence-corrected chi connectivity index (χ1v) is 8.20. The quantitative estimate of drug-likeness (QED) is 0.392. The van der Waals surface area contributed by atoms with Crippen molar-refractivity contribution in [2.75, 3.05) is 13.7 Å². The van der Waals surface area contributed by atoms with E-state index in [1.54, 1.807) is 0 Å². The van der Waals surface area contributed by atoms with E-state index in [0.717, 1.165) is 28.4 Å². The van der Waals surface area contributed by atoms with Crippen LogP contribution in [0.3, 0.4) is 0 Å². The summed E-state index contributed by atoms with van der Waals surface area (Å²) in [5.74, 6) is 3.08. The van der Waals surface area contributed by atoms with Crippen LogP contribution in [-0.2, 0) is 11.4 Å². The van der Waals surface area contributed by atoms with Crippen LogP contribution in [-0.4, -0.2) is 19.4 Å². The number of nitrogens with zero attached hydrogens (tertiary/aromatic N) is 1. The lowest BCUT2D eigenvalue weighted by molar-refractivity contribution is 0.212. The van der Waals surface area contributed by atoms with E-state index in [1.165, 1.54) is 7.11 Å². The lowest BCUT2D eigenvalue weighted by Crippen LogP contribution is -2.00. The number of allylic oxidation sites excluding steroid dienone is 1. The van der Waals surface area contributed by atoms with E-state index in [-0.39, 0.29) is 0 Å². The lowest BCUT2D eigenvalue weighted by atomic mass is 10.1. The van der Waals surface area contributed by atoms with Crippen LogP contribution in [0.1, 0.15) is 36.5 Å². The van der Waals surface area contributed by atoms with E-state index in [4.69, 9.17) is 18.7 Å². The van der Waals surface area contributed by atoms with Gasteiger partial charge in [0.25, 0.3) is 0 Å². The predicted octanol–water partition coefficient (Wildman–Crippen LogP) is 4.80. The van der Waals surface area contributed by atoms with Crippen LogP contribution in [0, 0.1) is 13.8 Å². The fourth-order valence-electron chi connectivity index (χ4n) is 2.44. The van der Waals surface area contributed by atoms with Crippen LogP contribution < -0.4 is 9.47 Å². The second-order valence-corrected chi connectivity index (χ2v) is 5.68. The number of oxime groups is 1. The van der Waals surface area contributed by atoms with E-state index < -0.39 is 0 Å². The molecule has 0 fully saturated rings. The lowest BCUT2D eigenvalue weighted by Gasteiger charge is -2.13. The monoisotopic (exact) mass is 343 g/mol. The summed E-state index contributed by atoms with van der Waals surface area (Å²) in [6.45, 7) is 8.72. The fourth-order valence-corrected chi connectivity index (χ4v) is 2.44. The highest BCUT2D eigenvalue weighted by Gasteiger charge is 2.10. The molecule has 1 heterocycles. The van der Waals surface area contributed by atoms with E-state index in [9.17, 15) is 0 Å². The van der Waals surface area contributed by atoms with Gasteiger partial charge in [0.2, 0.25) is 0 Å². The van der Waals surface area contributed by atoms with Crippen LogP contribution in [0.4, 0.5) is 0 Å². The van der Waals surface area contributed by atoms with Crippen molar-refractivity contribution in [2.45, 2.75) is 34.3 Å². The first-order chi connectivity index (χ1) is 12.0. The summed E-state index contributed by atoms with van der Waals surface area (Å²) in [6, 6.07) is 7.70. The number of hydrogen-bond acceptors (Lipinski definition) is 5. The molecule has 2 rings (SSSR count). The van der Waals surface area contributed by atoms with Gasteiger partial charge in [-0.3, -0.25) is 0 Å². The van der Waals surface area contributed by atoms with Crippen LogP contribution in [0.2, 0.25) is 0 Å². The number of benzene rings is 1. The summed E-state index contributed by atoms with van der Waals surface area (Å²) in [7, 11) is 1.51. The maximum Gasteiger partial charge on any atom is 0.151 e. The molecule has 2 aromatic rings. The maximum atomic E-state index is 5.95. The Balaban J connectivity index is 2.04. The van der Waals surface area contributed by atoms with Crippen molar-refractivity contribution in [3.63, 3.8) is 0 Å². The van der Waals surface area contributed by atoms with Crippen molar-refractivity contribution in [2.24, 2.45) is 5.16 Å². The SMILES string of the molecule is C/C=C/COc1cc(C)c(OCc2ccc(/C(C)=N/OC)o2)c(C)c1. The molecule has 5 heteroatoms. The Hall–Kier alpha value is -2.69. The molecular formula is C20H25NO4. The molecule has 0 saturated carbocycles. The van der Waals surface area contributed by atoms with Crippen LogP contribution >= 0.6 is 0 Å². The predicted molar refractivity (Wildman–Crippen MR) is 98.5 cm³/mol. The molecule has 0 bridgehead atoms. The molecule has 0 atom stereocenters. The number of furan rings is 1. The van der Waals surface area contributed by atoms with Crippen molar-refractivity contribution < 1.29 is 18.7 Å². The van der Waals surface area contributed by atoms with Crippen molar-refractivity contribution in [3.8, 4) is 11.5 Å². The van der Waals surface area contributed by atoms with E-state index in [0.29, 0.717) is 24.7 Å². The minimum atomic E-state index is 0.348. The van der Waals surface area contributed by atoms with Gasteiger partial charge < -0.3 is 18.7 Å². The Labute approximate surface area is 148 Å². The standard InChI is InChI=1S/C20H25NO4/c1-6-7-10-23-18-11-14(2)20(15(3)12-18)24-13-17-8-9-19(25-17)16(4)21-22-5/h6-9,11-12H,10,13H2,1-5H3/b7-6+,21-16+. The molecule has 0 spiro atoms. The third-order valence-electron chi connectivity index (χ3n) is 3.62. The Bertz CT molecular complexity index is 736. The van der Waals surface area contributed by atoms with Gasteiger partial charge in [0, 0.05) is 0 Å². The third-order valence-corrected chi connectivity index (χ3v) is 3.62. The summed E-state index contributed by atoms with van der Waals surface area (Å²) >= 11 is 0. The Morgan fingerprint density at radius 1 is 1.16 bits per heavy atom. The highest BCUT2D eigenvalue weighted by molar-refractivity contribution is 5.95. The third kappa shape index (κ3) is 5.14. The molecule has 1 aromatic carbocycles. The number of aryl methyl sites for hydroxylation is 2. The number of ether oxygens (including phenoxy) is 2. The second kappa shape index (κ2) is 8.97. The molecule has 0 aliphatic heterocycles. The Morgan fingerprint density at radius 2 is 1.88 bits per heavy atom. The molecule has 0 aliphatic rings. The zero-order chi connectivity index (χ0) is 18.2. The van der Waals surface area contributed by atoms with Crippen molar-refractivity contribution in [1.29, 1.82) is 0 Å². The summed E-state index contributed by atoms with van der Waals surface area (Å²) in [5.41, 5.74) is 2.74. The molecule has 0 aliphatic carbocycles. The van der Waals surface area contributed by atoms with Crippen LogP contribution in [0.5, 0.6) is 11.5 Å². The molecule has 25 heavy (non-hydrogen) atoms. The van der Waals surface area contributed by atoms with Gasteiger partial charge >= 0.3 is 0 Å². The maximum absolute atomic E-state index is 5.95. The minimum Gasteiger partial charge on any atom is -0.490 e. The van der Waals surface area contributed by atoms with E-state index in [1.807, 2.05) is 64.1 Å². The van der Waals surface area contributed by atoms with Crippen molar-refractivity contribution in [3.05, 3.63) is 59.1 Å². The van der Waals surface area contributed by atoms with Gasteiger partial charge in [-0.25, -0.2) is 0 Å². The summed E-state index contributed by atoms with van der Waals surface area (Å²) in [4.78, 5) is 4.75. The highest BCUT2D eigenvalue weighted by Crippen LogP contribution is 2.29. The number of rotatable bonds is 8. The van der Waals surface area contributed by atoms with E-state index >= 15 is 0 Å². The smallest absolute Gasteiger partial charge is 0.151 e. The molecule has 1 aromatic heterocycles. The van der Waals surface area contributed by atoms with Gasteiger partial charge in [0.1, 0.15) is 43.3 Å². The summed E-state index contributed by atoms with van der Waals surface area (Å²) < 4.78 is 17.4. The van der Waals surface area contributed by atoms with Gasteiger partial charge in [-0.15, -0.1) is 0 Å². The number of hydrogen-bond donors (Lipinski definition) is 0. The average molecular weight is 343 g/mol. The fraction of sp³-hybridized carbons (Fsp3) is 0.350. The molecule has 0 amide bonds. The zero-order valence-corrected chi connectivity index (χ0v) is 15.5. The summed E-state index contributed by atoms with van der Waals surface area (Å²) in [5, 5.41) is 3.86. The highest BCUT2D eigenvalue weighted by atomic mass is 16.6. The van der Waals surface area contributed by atoms with Gasteiger partial charge in [0.15, 0.2) is 5.76 Å². The van der Waals surface area contributed by atoms with Gasteiger partial charge in [0.05, 0.1) is 0 Å². The molecule has 5 nitrogen and oxygen atoms in total. The molecule has 134 valence electrons. The van der Waals surface area contributed by atoms with Crippen molar-refractivity contribution >= 4 is 5.71 Å². The topological polar surface area (TPSA) is 53.2 Å². The minimum absolute atomic E-state index is 0.348. The van der Waals surface area contributed by atoms with Crippen LogP contribution in [0.15, 0.2) is 46.0 Å². The van der Waals surface area contributed by atoms with E-state index in [2.05, 4.69) is 5.16 Å². The largest absolute Gasteiger partial charge is 0.490 e. The molecular weight excluding hydrogens is 318 g/mol. The van der Waals surface area contributed by atoms with Gasteiger partial charge in [-0.05, 0) is 63.1 Å². The van der Waals surface area contributed by atoms with Crippen LogP contribution in [0.25, 0.3) is 0 Å². The first-order valence-electron chi connectivity index (χ1n) is 8.20. The Kier molecular flexibility index (Phi) is 6.69. The van der Waals surface area contributed by atoms with Gasteiger partial charge in [-0.1, -0.05) is 17.3 Å².